The average molecular weight is 298 g/mol. The number of amides is 2. The van der Waals surface area contributed by atoms with Gasteiger partial charge in [0.2, 0.25) is 0 Å². The van der Waals surface area contributed by atoms with Crippen molar-refractivity contribution >= 4 is 11.8 Å². The predicted octanol–water partition coefficient (Wildman–Crippen LogP) is 1.86. The molecule has 0 aliphatic carbocycles. The van der Waals surface area contributed by atoms with Crippen LogP contribution in [0.2, 0.25) is 0 Å². The van der Waals surface area contributed by atoms with Crippen molar-refractivity contribution in [1.29, 1.82) is 0 Å². The molecule has 5 nitrogen and oxygen atoms in total. The third kappa shape index (κ3) is 4.09. The normalized spacial score (nSPS) is 10.0. The number of benzene rings is 2. The quantitative estimate of drug-likeness (QED) is 0.737. The Morgan fingerprint density at radius 1 is 0.909 bits per heavy atom. The smallest absolute Gasteiger partial charge is 0.255 e. The zero-order valence-corrected chi connectivity index (χ0v) is 12.3. The lowest BCUT2D eigenvalue weighted by molar-refractivity contribution is 0.0926. The Hall–Kier alpha value is -2.82. The van der Waals surface area contributed by atoms with E-state index in [2.05, 4.69) is 10.6 Å². The number of hydrogen-bond acceptors (Lipinski definition) is 3. The second-order valence-corrected chi connectivity index (χ2v) is 4.89. The maximum absolute atomic E-state index is 11.9. The minimum atomic E-state index is -0.373. The molecular formula is C17H18N2O3. The fraction of sp³-hybridized carbons (Fsp3) is 0.176. The van der Waals surface area contributed by atoms with Crippen molar-refractivity contribution in [3.63, 3.8) is 0 Å². The molecule has 0 fully saturated rings. The van der Waals surface area contributed by atoms with Gasteiger partial charge in [0.15, 0.2) is 0 Å². The molecule has 0 aliphatic rings. The van der Waals surface area contributed by atoms with E-state index in [9.17, 15) is 14.7 Å². The molecule has 2 rings (SSSR count). The summed E-state index contributed by atoms with van der Waals surface area (Å²) in [7, 11) is 0. The van der Waals surface area contributed by atoms with E-state index in [1.165, 1.54) is 12.1 Å². The molecule has 3 N–H and O–H groups in total. The molecule has 0 atom stereocenters. The molecule has 0 spiro atoms. The van der Waals surface area contributed by atoms with E-state index in [0.717, 1.165) is 5.56 Å². The minimum absolute atomic E-state index is 0.0660. The van der Waals surface area contributed by atoms with Gasteiger partial charge in [-0.25, -0.2) is 0 Å². The minimum Gasteiger partial charge on any atom is -0.507 e. The summed E-state index contributed by atoms with van der Waals surface area (Å²) < 4.78 is 0. The molecule has 114 valence electrons. The molecular weight excluding hydrogens is 280 g/mol. The number of phenols is 1. The third-order valence-corrected chi connectivity index (χ3v) is 3.16. The van der Waals surface area contributed by atoms with Crippen molar-refractivity contribution in [2.75, 3.05) is 13.1 Å². The van der Waals surface area contributed by atoms with Gasteiger partial charge in [-0.2, -0.15) is 0 Å². The summed E-state index contributed by atoms with van der Waals surface area (Å²) in [4.78, 5) is 23.7. The molecule has 2 aromatic carbocycles. The summed E-state index contributed by atoms with van der Waals surface area (Å²) in [5, 5.41) is 14.9. The van der Waals surface area contributed by atoms with Crippen LogP contribution < -0.4 is 10.6 Å². The summed E-state index contributed by atoms with van der Waals surface area (Å²) in [5.41, 5.74) is 1.89. The lowest BCUT2D eigenvalue weighted by Crippen LogP contribution is -2.34. The second-order valence-electron chi connectivity index (χ2n) is 4.89. The first-order valence-corrected chi connectivity index (χ1v) is 6.99. The highest BCUT2D eigenvalue weighted by Gasteiger charge is 2.09. The van der Waals surface area contributed by atoms with Gasteiger partial charge in [-0.15, -0.1) is 0 Å². The standard InChI is InChI=1S/C17H18N2O3/c1-12-6-8-13(9-7-12)16(21)18-10-11-19-17(22)14-4-2-3-5-15(14)20/h2-9,20H,10-11H2,1H3,(H,18,21)(H,19,22). The van der Waals surface area contributed by atoms with Crippen molar-refractivity contribution in [2.45, 2.75) is 6.92 Å². The largest absolute Gasteiger partial charge is 0.507 e. The molecule has 0 aliphatic heterocycles. The highest BCUT2D eigenvalue weighted by atomic mass is 16.3. The van der Waals surface area contributed by atoms with Crippen molar-refractivity contribution in [3.8, 4) is 5.75 Å². The first-order valence-electron chi connectivity index (χ1n) is 6.99. The molecule has 5 heteroatoms. The summed E-state index contributed by atoms with van der Waals surface area (Å²) in [6, 6.07) is 13.6. The zero-order chi connectivity index (χ0) is 15.9. The number of aryl methyl sites for hydroxylation is 1. The summed E-state index contributed by atoms with van der Waals surface area (Å²) >= 11 is 0. The van der Waals surface area contributed by atoms with Gasteiger partial charge in [0.25, 0.3) is 11.8 Å². The maximum atomic E-state index is 11.9. The van der Waals surface area contributed by atoms with E-state index < -0.39 is 0 Å². The van der Waals surface area contributed by atoms with Crippen LogP contribution in [0.4, 0.5) is 0 Å². The molecule has 0 bridgehead atoms. The Bertz CT molecular complexity index is 666. The Labute approximate surface area is 129 Å². The fourth-order valence-corrected chi connectivity index (χ4v) is 1.92. The van der Waals surface area contributed by atoms with Gasteiger partial charge in [0, 0.05) is 18.7 Å². The molecule has 0 saturated carbocycles. The van der Waals surface area contributed by atoms with Gasteiger partial charge in [-0.3, -0.25) is 9.59 Å². The number of carbonyl (C=O) groups is 2. The van der Waals surface area contributed by atoms with E-state index >= 15 is 0 Å². The van der Waals surface area contributed by atoms with Gasteiger partial charge >= 0.3 is 0 Å². The van der Waals surface area contributed by atoms with Crippen molar-refractivity contribution in [3.05, 3.63) is 65.2 Å². The van der Waals surface area contributed by atoms with Crippen LogP contribution in [0.25, 0.3) is 0 Å². The van der Waals surface area contributed by atoms with Crippen LogP contribution in [0.1, 0.15) is 26.3 Å². The Balaban J connectivity index is 1.77. The molecule has 0 radical (unpaired) electrons. The van der Waals surface area contributed by atoms with Crippen molar-refractivity contribution in [1.82, 2.24) is 10.6 Å². The first kappa shape index (κ1) is 15.6. The molecule has 0 saturated heterocycles. The van der Waals surface area contributed by atoms with Crippen molar-refractivity contribution in [2.24, 2.45) is 0 Å². The Morgan fingerprint density at radius 2 is 1.50 bits per heavy atom. The maximum Gasteiger partial charge on any atom is 0.255 e. The van der Waals surface area contributed by atoms with Crippen LogP contribution >= 0.6 is 0 Å². The van der Waals surface area contributed by atoms with Crippen LogP contribution in [0.3, 0.4) is 0 Å². The third-order valence-electron chi connectivity index (χ3n) is 3.16. The van der Waals surface area contributed by atoms with E-state index in [0.29, 0.717) is 12.1 Å². The predicted molar refractivity (Wildman–Crippen MR) is 84.0 cm³/mol. The first-order chi connectivity index (χ1) is 10.6. The number of para-hydroxylation sites is 1. The highest BCUT2D eigenvalue weighted by molar-refractivity contribution is 5.97. The van der Waals surface area contributed by atoms with Crippen LogP contribution in [-0.2, 0) is 0 Å². The van der Waals surface area contributed by atoms with Crippen LogP contribution in [-0.4, -0.2) is 30.0 Å². The van der Waals surface area contributed by atoms with E-state index in [1.54, 1.807) is 24.3 Å². The second kappa shape index (κ2) is 7.26. The lowest BCUT2D eigenvalue weighted by Gasteiger charge is -2.08. The number of nitrogens with one attached hydrogen (secondary N) is 2. The summed E-state index contributed by atoms with van der Waals surface area (Å²) in [6.07, 6.45) is 0. The van der Waals surface area contributed by atoms with Crippen LogP contribution in [0.5, 0.6) is 5.75 Å². The van der Waals surface area contributed by atoms with Crippen molar-refractivity contribution < 1.29 is 14.7 Å². The van der Waals surface area contributed by atoms with Crippen LogP contribution in [0.15, 0.2) is 48.5 Å². The summed E-state index contributed by atoms with van der Waals surface area (Å²) in [6.45, 7) is 2.55. The lowest BCUT2D eigenvalue weighted by atomic mass is 10.1. The number of carbonyl (C=O) groups excluding carboxylic acids is 2. The van der Waals surface area contributed by atoms with E-state index in [-0.39, 0.29) is 29.7 Å². The van der Waals surface area contributed by atoms with Gasteiger partial charge in [-0.1, -0.05) is 29.8 Å². The summed E-state index contributed by atoms with van der Waals surface area (Å²) in [5.74, 6) is -0.622. The SMILES string of the molecule is Cc1ccc(C(=O)NCCNC(=O)c2ccccc2O)cc1. The number of rotatable bonds is 5. The van der Waals surface area contributed by atoms with Gasteiger partial charge in [-0.05, 0) is 31.2 Å². The number of hydrogen-bond donors (Lipinski definition) is 3. The number of phenolic OH excluding ortho intramolecular Hbond substituents is 1. The molecule has 2 amide bonds. The van der Waals surface area contributed by atoms with Gasteiger partial charge < -0.3 is 15.7 Å². The molecule has 22 heavy (non-hydrogen) atoms. The van der Waals surface area contributed by atoms with Crippen LogP contribution in [0, 0.1) is 6.92 Å². The molecule has 2 aromatic rings. The zero-order valence-electron chi connectivity index (χ0n) is 12.3. The van der Waals surface area contributed by atoms with Gasteiger partial charge in [0.1, 0.15) is 5.75 Å². The van der Waals surface area contributed by atoms with E-state index in [1.807, 2.05) is 19.1 Å². The monoisotopic (exact) mass is 298 g/mol. The van der Waals surface area contributed by atoms with Gasteiger partial charge in [0.05, 0.1) is 5.56 Å². The Morgan fingerprint density at radius 3 is 2.14 bits per heavy atom. The topological polar surface area (TPSA) is 78.4 Å². The Kier molecular flexibility index (Phi) is 5.14. The molecule has 0 heterocycles. The number of aromatic hydroxyl groups is 1. The van der Waals surface area contributed by atoms with E-state index in [4.69, 9.17) is 0 Å². The molecule has 0 aromatic heterocycles. The highest BCUT2D eigenvalue weighted by Crippen LogP contribution is 2.14. The molecule has 0 unspecified atom stereocenters. The fourth-order valence-electron chi connectivity index (χ4n) is 1.92. The average Bonchev–Trinajstić information content (AvgIpc) is 2.52.